The molecule has 8 heteroatoms. The van der Waals surface area contributed by atoms with Gasteiger partial charge in [-0.15, -0.1) is 0 Å². The van der Waals surface area contributed by atoms with Crippen molar-refractivity contribution >= 4 is 34.9 Å². The fourth-order valence-electron chi connectivity index (χ4n) is 2.45. The number of quaternary nitrogens is 1. The Morgan fingerprint density at radius 2 is 1.96 bits per heavy atom. The summed E-state index contributed by atoms with van der Waals surface area (Å²) in [7, 11) is 4.17. The molecule has 148 valence electrons. The summed E-state index contributed by atoms with van der Waals surface area (Å²) in [6, 6.07) is 10.5. The molecule has 1 aromatic carbocycles. The predicted molar refractivity (Wildman–Crippen MR) is 106 cm³/mol. The van der Waals surface area contributed by atoms with Gasteiger partial charge in [-0.2, -0.15) is 0 Å². The van der Waals surface area contributed by atoms with Crippen molar-refractivity contribution in [3.8, 4) is 5.75 Å². The summed E-state index contributed by atoms with van der Waals surface area (Å²) in [5.41, 5.74) is 0.861. The molecule has 0 saturated carbocycles. The summed E-state index contributed by atoms with van der Waals surface area (Å²) in [5.74, 6) is 0.900. The molecule has 1 heterocycles. The van der Waals surface area contributed by atoms with E-state index in [0.29, 0.717) is 28.2 Å². The first kappa shape index (κ1) is 23.5. The fourth-order valence-corrected chi connectivity index (χ4v) is 2.91. The standard InChI is InChI=1S/C19H23Cl2N3O2.ClH/c1-14-6-4-7-18(22-14)24(11-5-10-23(2)3)19(25)13-26-17-9-8-15(20)12-16(17)21;/h4,6-9,12H,5,10-11,13H2,1-3H3;1H. The van der Waals surface area contributed by atoms with E-state index in [-0.39, 0.29) is 24.9 Å². The van der Waals surface area contributed by atoms with E-state index in [4.69, 9.17) is 27.9 Å². The molecule has 0 unspecified atom stereocenters. The van der Waals surface area contributed by atoms with Gasteiger partial charge in [0, 0.05) is 23.7 Å². The molecule has 5 nitrogen and oxygen atoms in total. The van der Waals surface area contributed by atoms with Crippen LogP contribution in [-0.2, 0) is 4.79 Å². The van der Waals surface area contributed by atoms with E-state index in [1.54, 1.807) is 23.1 Å². The minimum absolute atomic E-state index is 0. The fraction of sp³-hybridized carbons (Fsp3) is 0.368. The van der Waals surface area contributed by atoms with Crippen molar-refractivity contribution in [3.63, 3.8) is 0 Å². The molecule has 0 atom stereocenters. The lowest BCUT2D eigenvalue weighted by Crippen LogP contribution is -3.05. The maximum absolute atomic E-state index is 12.8. The van der Waals surface area contributed by atoms with Gasteiger partial charge in [-0.25, -0.2) is 4.98 Å². The highest BCUT2D eigenvalue weighted by atomic mass is 35.5. The van der Waals surface area contributed by atoms with Crippen molar-refractivity contribution in [2.45, 2.75) is 13.3 Å². The SMILES string of the molecule is Cc1cccc(N(CCC[NH+](C)C)C(=O)COc2ccc(Cl)cc2Cl)n1.[Cl-]. The van der Waals surface area contributed by atoms with Crippen LogP contribution >= 0.6 is 23.2 Å². The van der Waals surface area contributed by atoms with Crippen molar-refractivity contribution in [1.29, 1.82) is 0 Å². The molecule has 0 radical (unpaired) electrons. The summed E-state index contributed by atoms with van der Waals surface area (Å²) < 4.78 is 5.60. The summed E-state index contributed by atoms with van der Waals surface area (Å²) in [5, 5.41) is 0.896. The Kier molecular flexibility index (Phi) is 9.88. The number of amides is 1. The number of rotatable bonds is 8. The van der Waals surface area contributed by atoms with E-state index >= 15 is 0 Å². The molecule has 1 N–H and O–H groups in total. The summed E-state index contributed by atoms with van der Waals surface area (Å²) in [4.78, 5) is 20.2. The second-order valence-corrected chi connectivity index (χ2v) is 7.20. The molecule has 1 amide bonds. The van der Waals surface area contributed by atoms with Gasteiger partial charge in [-0.05, 0) is 37.3 Å². The molecule has 0 aliphatic carbocycles. The quantitative estimate of drug-likeness (QED) is 0.620. The lowest BCUT2D eigenvalue weighted by molar-refractivity contribution is -0.858. The number of hydrogen-bond donors (Lipinski definition) is 1. The second kappa shape index (κ2) is 11.3. The van der Waals surface area contributed by atoms with Crippen LogP contribution in [0.4, 0.5) is 5.82 Å². The van der Waals surface area contributed by atoms with Gasteiger partial charge >= 0.3 is 0 Å². The average molecular weight is 433 g/mol. The van der Waals surface area contributed by atoms with Gasteiger partial charge in [0.15, 0.2) is 6.61 Å². The number of nitrogens with one attached hydrogen (secondary N) is 1. The number of ether oxygens (including phenoxy) is 1. The maximum Gasteiger partial charge on any atom is 0.266 e. The summed E-state index contributed by atoms with van der Waals surface area (Å²) in [6.07, 6.45) is 0.866. The molecule has 0 bridgehead atoms. The summed E-state index contributed by atoms with van der Waals surface area (Å²) in [6.45, 7) is 3.32. The third-order valence-corrected chi connectivity index (χ3v) is 4.29. The number of nitrogens with zero attached hydrogens (tertiary/aromatic N) is 2. The highest BCUT2D eigenvalue weighted by Crippen LogP contribution is 2.27. The van der Waals surface area contributed by atoms with E-state index in [0.717, 1.165) is 18.7 Å². The first-order valence-electron chi connectivity index (χ1n) is 8.47. The normalized spacial score (nSPS) is 10.4. The van der Waals surface area contributed by atoms with E-state index < -0.39 is 0 Å². The van der Waals surface area contributed by atoms with Crippen LogP contribution in [0.5, 0.6) is 5.75 Å². The Morgan fingerprint density at radius 1 is 1.22 bits per heavy atom. The molecule has 0 saturated heterocycles. The Morgan fingerprint density at radius 3 is 2.59 bits per heavy atom. The van der Waals surface area contributed by atoms with E-state index in [2.05, 4.69) is 19.1 Å². The highest BCUT2D eigenvalue weighted by Gasteiger charge is 2.18. The first-order chi connectivity index (χ1) is 12.4. The predicted octanol–water partition coefficient (Wildman–Crippen LogP) is -0.353. The Hall–Kier alpha value is -1.53. The lowest BCUT2D eigenvalue weighted by Gasteiger charge is -2.22. The van der Waals surface area contributed by atoms with Gasteiger partial charge in [-0.3, -0.25) is 9.69 Å². The molecular weight excluding hydrogens is 409 g/mol. The second-order valence-electron chi connectivity index (χ2n) is 6.36. The Balaban J connectivity index is 0.00000364. The van der Waals surface area contributed by atoms with Crippen molar-refractivity contribution in [1.82, 2.24) is 4.98 Å². The van der Waals surface area contributed by atoms with Crippen LogP contribution in [0.15, 0.2) is 36.4 Å². The van der Waals surface area contributed by atoms with Crippen molar-refractivity contribution < 1.29 is 26.8 Å². The minimum Gasteiger partial charge on any atom is -1.00 e. The van der Waals surface area contributed by atoms with Crippen LogP contribution < -0.4 is 26.9 Å². The van der Waals surface area contributed by atoms with Gasteiger partial charge < -0.3 is 22.0 Å². The van der Waals surface area contributed by atoms with Crippen LogP contribution in [0.2, 0.25) is 10.0 Å². The number of hydrogen-bond acceptors (Lipinski definition) is 3. The number of anilines is 1. The third-order valence-electron chi connectivity index (χ3n) is 3.75. The van der Waals surface area contributed by atoms with Gasteiger partial charge in [0.2, 0.25) is 0 Å². The van der Waals surface area contributed by atoms with Crippen LogP contribution in [0, 0.1) is 6.92 Å². The van der Waals surface area contributed by atoms with Gasteiger partial charge in [0.1, 0.15) is 11.6 Å². The van der Waals surface area contributed by atoms with E-state index in [9.17, 15) is 4.79 Å². The Bertz CT molecular complexity index is 757. The number of carbonyl (C=O) groups excluding carboxylic acids is 1. The minimum atomic E-state index is -0.164. The smallest absolute Gasteiger partial charge is 0.266 e. The summed E-state index contributed by atoms with van der Waals surface area (Å²) >= 11 is 12.0. The third kappa shape index (κ3) is 7.54. The zero-order valence-corrected chi connectivity index (χ0v) is 17.9. The van der Waals surface area contributed by atoms with Gasteiger partial charge in [0.05, 0.1) is 25.7 Å². The largest absolute Gasteiger partial charge is 1.00 e. The Labute approximate surface area is 176 Å². The maximum atomic E-state index is 12.8. The number of carbonyl (C=O) groups is 1. The molecule has 0 aliphatic rings. The van der Waals surface area contributed by atoms with Crippen molar-refractivity contribution in [3.05, 3.63) is 52.1 Å². The first-order valence-corrected chi connectivity index (χ1v) is 9.23. The van der Waals surface area contributed by atoms with Crippen molar-refractivity contribution in [2.75, 3.05) is 38.7 Å². The number of pyridine rings is 1. The number of aryl methyl sites for hydroxylation is 1. The zero-order chi connectivity index (χ0) is 19.1. The molecule has 27 heavy (non-hydrogen) atoms. The molecular formula is C19H24Cl3N3O2. The number of halogens is 3. The number of benzene rings is 1. The average Bonchev–Trinajstić information content (AvgIpc) is 2.57. The van der Waals surface area contributed by atoms with Gasteiger partial charge in [0.25, 0.3) is 5.91 Å². The van der Waals surface area contributed by atoms with Crippen LogP contribution in [0.25, 0.3) is 0 Å². The highest BCUT2D eigenvalue weighted by molar-refractivity contribution is 6.35. The van der Waals surface area contributed by atoms with E-state index in [1.165, 1.54) is 4.90 Å². The van der Waals surface area contributed by atoms with E-state index in [1.807, 2.05) is 25.1 Å². The molecule has 1 aromatic heterocycles. The molecule has 0 aliphatic heterocycles. The monoisotopic (exact) mass is 431 g/mol. The molecule has 0 fully saturated rings. The number of aromatic nitrogens is 1. The van der Waals surface area contributed by atoms with Gasteiger partial charge in [-0.1, -0.05) is 29.3 Å². The molecule has 2 rings (SSSR count). The molecule has 0 spiro atoms. The van der Waals surface area contributed by atoms with Crippen molar-refractivity contribution in [2.24, 2.45) is 0 Å². The van der Waals surface area contributed by atoms with Crippen LogP contribution in [0.3, 0.4) is 0 Å². The van der Waals surface area contributed by atoms with Crippen LogP contribution in [-0.4, -0.2) is 44.7 Å². The zero-order valence-electron chi connectivity index (χ0n) is 15.6. The van der Waals surface area contributed by atoms with Crippen LogP contribution in [0.1, 0.15) is 12.1 Å². The topological polar surface area (TPSA) is 46.9 Å². The lowest BCUT2D eigenvalue weighted by atomic mass is 10.3. The molecule has 2 aromatic rings.